The van der Waals surface area contributed by atoms with Gasteiger partial charge in [0.05, 0.1) is 21.5 Å². The van der Waals surface area contributed by atoms with Crippen LogP contribution in [0.4, 0.5) is 11.4 Å². The van der Waals surface area contributed by atoms with Crippen LogP contribution < -0.4 is 5.73 Å². The molecule has 0 aliphatic carbocycles. The number of non-ortho nitro benzene ring substituents is 1. The van der Waals surface area contributed by atoms with Crippen molar-refractivity contribution in [1.82, 2.24) is 0 Å². The Hall–Kier alpha value is -2.06. The molecule has 0 saturated heterocycles. The molecule has 3 N–H and O–H groups in total. The third-order valence-electron chi connectivity index (χ3n) is 3.02. The molecule has 8 nitrogen and oxygen atoms in total. The van der Waals surface area contributed by atoms with Crippen molar-refractivity contribution in [2.24, 2.45) is 5.73 Å². The molecule has 0 bridgehead atoms. The third kappa shape index (κ3) is 3.72. The maximum absolute atomic E-state index is 11.0. The van der Waals surface area contributed by atoms with Gasteiger partial charge in [-0.05, 0) is 18.9 Å². The van der Waals surface area contributed by atoms with E-state index in [2.05, 4.69) is 0 Å². The molecule has 1 rings (SSSR count). The topological polar surface area (TPSA) is 133 Å². The number of nitrogens with two attached hydrogens (primary N) is 1. The second-order valence-corrected chi connectivity index (χ2v) is 4.60. The Morgan fingerprint density at radius 1 is 1.25 bits per heavy atom. The molecule has 0 fully saturated rings. The Morgan fingerprint density at radius 3 is 2.40 bits per heavy atom. The first-order chi connectivity index (χ1) is 9.29. The summed E-state index contributed by atoms with van der Waals surface area (Å²) in [6, 6.07) is 3.05. The summed E-state index contributed by atoms with van der Waals surface area (Å²) >= 11 is 0. The van der Waals surface area contributed by atoms with Crippen molar-refractivity contribution < 1.29 is 15.0 Å². The molecule has 0 heterocycles. The Balaban J connectivity index is 3.16. The molecule has 0 aliphatic rings. The maximum atomic E-state index is 11.0. The monoisotopic (exact) mass is 283 g/mol. The van der Waals surface area contributed by atoms with Gasteiger partial charge in [0.15, 0.2) is 0 Å². The van der Waals surface area contributed by atoms with Crippen LogP contribution in [0.1, 0.15) is 38.2 Å². The summed E-state index contributed by atoms with van der Waals surface area (Å²) in [5.41, 5.74) is 2.80. The van der Waals surface area contributed by atoms with E-state index in [1.165, 1.54) is 0 Å². The van der Waals surface area contributed by atoms with Crippen LogP contribution in [0.3, 0.4) is 0 Å². The van der Waals surface area contributed by atoms with Crippen molar-refractivity contribution >= 4 is 11.4 Å². The first-order valence-electron chi connectivity index (χ1n) is 6.24. The molecule has 8 heteroatoms. The number of unbranched alkanes of at least 4 members (excludes halogenated alkanes) is 2. The zero-order valence-electron chi connectivity index (χ0n) is 11.1. The molecule has 0 aromatic heterocycles. The van der Waals surface area contributed by atoms with Gasteiger partial charge in [-0.3, -0.25) is 26.0 Å². The fourth-order valence-electron chi connectivity index (χ4n) is 1.93. The molecule has 20 heavy (non-hydrogen) atoms. The summed E-state index contributed by atoms with van der Waals surface area (Å²) in [6.07, 6.45) is 2.51. The summed E-state index contributed by atoms with van der Waals surface area (Å²) in [7, 11) is 0. The van der Waals surface area contributed by atoms with E-state index in [-0.39, 0.29) is 12.0 Å². The fraction of sp³-hybridized carbons (Fsp3) is 0.500. The van der Waals surface area contributed by atoms with Gasteiger partial charge >= 0.3 is 0 Å². The highest BCUT2D eigenvalue weighted by molar-refractivity contribution is 5.51. The molecule has 1 atom stereocenters. The van der Waals surface area contributed by atoms with Crippen molar-refractivity contribution in [3.05, 3.63) is 44.0 Å². The van der Waals surface area contributed by atoms with Crippen molar-refractivity contribution in [2.75, 3.05) is 0 Å². The highest BCUT2D eigenvalue weighted by atomic mass is 16.6. The van der Waals surface area contributed by atoms with E-state index in [4.69, 9.17) is 5.73 Å². The van der Waals surface area contributed by atoms with E-state index >= 15 is 0 Å². The Labute approximate surface area is 115 Å². The van der Waals surface area contributed by atoms with E-state index in [0.29, 0.717) is 6.42 Å². The largest absolute Gasteiger partial charge is 0.372 e. The first kappa shape index (κ1) is 16.0. The molecule has 0 spiro atoms. The van der Waals surface area contributed by atoms with Gasteiger partial charge in [0.25, 0.3) is 11.4 Å². The van der Waals surface area contributed by atoms with Gasteiger partial charge < -0.3 is 5.11 Å². The van der Waals surface area contributed by atoms with Crippen molar-refractivity contribution in [2.45, 2.75) is 38.3 Å². The van der Waals surface area contributed by atoms with E-state index < -0.39 is 26.9 Å². The smallest absolute Gasteiger partial charge is 0.283 e. The number of hydrogen-bond donors (Lipinski definition) is 2. The highest BCUT2D eigenvalue weighted by Gasteiger charge is 2.32. The van der Waals surface area contributed by atoms with Crippen LogP contribution in [0.25, 0.3) is 0 Å². The molecular formula is C12H17N3O5. The average Bonchev–Trinajstić information content (AvgIpc) is 2.38. The minimum atomic E-state index is -1.87. The predicted molar refractivity (Wildman–Crippen MR) is 72.0 cm³/mol. The van der Waals surface area contributed by atoms with Crippen molar-refractivity contribution in [1.29, 1.82) is 0 Å². The van der Waals surface area contributed by atoms with Crippen LogP contribution in [0, 0.1) is 20.2 Å². The van der Waals surface area contributed by atoms with Crippen LogP contribution in [0.5, 0.6) is 0 Å². The normalized spacial score (nSPS) is 13.8. The zero-order valence-corrected chi connectivity index (χ0v) is 11.1. The van der Waals surface area contributed by atoms with Crippen LogP contribution in [-0.4, -0.2) is 15.0 Å². The summed E-state index contributed by atoms with van der Waals surface area (Å²) in [6.45, 7) is 1.98. The number of benzene rings is 1. The Kier molecular flexibility index (Phi) is 5.12. The SMILES string of the molecule is CCCCCC(N)(O)c1ccc([N+](=O)[O-])cc1[N+](=O)[O-]. The van der Waals surface area contributed by atoms with Crippen molar-refractivity contribution in [3.63, 3.8) is 0 Å². The predicted octanol–water partition coefficient (Wildman–Crippen LogP) is 2.19. The minimum absolute atomic E-state index is 0.107. The van der Waals surface area contributed by atoms with E-state index in [1.807, 2.05) is 6.92 Å². The standard InChI is InChI=1S/C12H17N3O5/c1-2-3-4-7-12(13,16)10-6-5-9(14(17)18)8-11(10)15(19)20/h5-6,8,16H,2-4,7,13H2,1H3. The van der Waals surface area contributed by atoms with Crippen molar-refractivity contribution in [3.8, 4) is 0 Å². The number of nitro benzene ring substituents is 2. The number of hydrogen-bond acceptors (Lipinski definition) is 6. The number of aliphatic hydroxyl groups is 1. The van der Waals surface area contributed by atoms with Crippen LogP contribution in [0.2, 0.25) is 0 Å². The molecule has 1 unspecified atom stereocenters. The zero-order chi connectivity index (χ0) is 15.3. The lowest BCUT2D eigenvalue weighted by molar-refractivity contribution is -0.395. The first-order valence-corrected chi connectivity index (χ1v) is 6.24. The lowest BCUT2D eigenvalue weighted by atomic mass is 9.95. The van der Waals surface area contributed by atoms with Gasteiger partial charge in [-0.25, -0.2) is 0 Å². The van der Waals surface area contributed by atoms with Crippen LogP contribution in [-0.2, 0) is 5.72 Å². The maximum Gasteiger partial charge on any atom is 0.283 e. The highest BCUT2D eigenvalue weighted by Crippen LogP contribution is 2.33. The quantitative estimate of drug-likeness (QED) is 0.341. The Morgan fingerprint density at radius 2 is 1.90 bits per heavy atom. The molecule has 0 radical (unpaired) electrons. The van der Waals surface area contributed by atoms with E-state index in [9.17, 15) is 25.3 Å². The van der Waals surface area contributed by atoms with Crippen LogP contribution in [0.15, 0.2) is 18.2 Å². The van der Waals surface area contributed by atoms with E-state index in [1.54, 1.807) is 0 Å². The molecule has 1 aromatic rings. The molecule has 0 amide bonds. The average molecular weight is 283 g/mol. The summed E-state index contributed by atoms with van der Waals surface area (Å²) in [4.78, 5) is 20.1. The summed E-state index contributed by atoms with van der Waals surface area (Å²) in [5, 5.41) is 31.8. The summed E-state index contributed by atoms with van der Waals surface area (Å²) < 4.78 is 0. The molecule has 0 aliphatic heterocycles. The Bertz CT molecular complexity index is 516. The van der Waals surface area contributed by atoms with Crippen LogP contribution >= 0.6 is 0 Å². The second-order valence-electron chi connectivity index (χ2n) is 4.60. The lowest BCUT2D eigenvalue weighted by Gasteiger charge is -2.23. The molecule has 110 valence electrons. The fourth-order valence-corrected chi connectivity index (χ4v) is 1.93. The van der Waals surface area contributed by atoms with Gasteiger partial charge in [0.1, 0.15) is 5.72 Å². The second kappa shape index (κ2) is 6.40. The van der Waals surface area contributed by atoms with Gasteiger partial charge in [-0.2, -0.15) is 0 Å². The number of rotatable bonds is 7. The van der Waals surface area contributed by atoms with Gasteiger partial charge in [-0.1, -0.05) is 19.8 Å². The molecule has 1 aromatic carbocycles. The minimum Gasteiger partial charge on any atom is -0.372 e. The van der Waals surface area contributed by atoms with Gasteiger partial charge in [0.2, 0.25) is 0 Å². The third-order valence-corrected chi connectivity index (χ3v) is 3.02. The molecule has 0 saturated carbocycles. The van der Waals surface area contributed by atoms with E-state index in [0.717, 1.165) is 31.0 Å². The molecular weight excluding hydrogens is 266 g/mol. The number of nitrogens with zero attached hydrogens (tertiary/aromatic N) is 2. The van der Waals surface area contributed by atoms with Gasteiger partial charge in [-0.15, -0.1) is 0 Å². The number of nitro groups is 2. The summed E-state index contributed by atoms with van der Waals surface area (Å²) in [5.74, 6) is 0. The lowest BCUT2D eigenvalue weighted by Crippen LogP contribution is -2.37. The van der Waals surface area contributed by atoms with Gasteiger partial charge in [0, 0.05) is 6.07 Å².